The van der Waals surface area contributed by atoms with E-state index in [0.29, 0.717) is 0 Å². The normalized spacial score (nSPS) is 13.2. The van der Waals surface area contributed by atoms with Crippen LogP contribution in [0.3, 0.4) is 0 Å². The van der Waals surface area contributed by atoms with Crippen LogP contribution in [0.15, 0.2) is 24.3 Å². The van der Waals surface area contributed by atoms with Gasteiger partial charge in [0.05, 0.1) is 12.5 Å². The van der Waals surface area contributed by atoms with Crippen LogP contribution in [-0.2, 0) is 16.0 Å². The average molecular weight is 235 g/mol. The van der Waals surface area contributed by atoms with Gasteiger partial charge in [-0.2, -0.15) is 0 Å². The van der Waals surface area contributed by atoms with Crippen molar-refractivity contribution in [1.29, 1.82) is 0 Å². The lowest BCUT2D eigenvalue weighted by Crippen LogP contribution is -2.37. The molecular formula is C14H21NO2. The fraction of sp³-hybridized carbons (Fsp3) is 0.500. The Balaban J connectivity index is 2.95. The first-order valence-electron chi connectivity index (χ1n) is 5.86. The maximum atomic E-state index is 11.7. The summed E-state index contributed by atoms with van der Waals surface area (Å²) in [6, 6.07) is 7.69. The minimum absolute atomic E-state index is 0.287. The van der Waals surface area contributed by atoms with Gasteiger partial charge in [0.1, 0.15) is 0 Å². The number of nitrogens with two attached hydrogens (primary N) is 1. The number of methoxy groups -OCH3 is 1. The van der Waals surface area contributed by atoms with Gasteiger partial charge < -0.3 is 10.5 Å². The molecule has 0 heterocycles. The Hall–Kier alpha value is -1.35. The Morgan fingerprint density at radius 3 is 2.29 bits per heavy atom. The lowest BCUT2D eigenvalue weighted by Gasteiger charge is -2.29. The van der Waals surface area contributed by atoms with E-state index in [-0.39, 0.29) is 12.0 Å². The first-order chi connectivity index (χ1) is 7.93. The SMILES string of the molecule is CCc1ccc([C@@H](N)C(C)(C)C(=O)OC)cc1. The molecule has 3 heteroatoms. The second-order valence-electron chi connectivity index (χ2n) is 4.79. The van der Waals surface area contributed by atoms with Gasteiger partial charge >= 0.3 is 5.97 Å². The Morgan fingerprint density at radius 1 is 1.35 bits per heavy atom. The van der Waals surface area contributed by atoms with E-state index in [0.717, 1.165) is 12.0 Å². The zero-order valence-electron chi connectivity index (χ0n) is 11.0. The van der Waals surface area contributed by atoms with E-state index in [4.69, 9.17) is 10.5 Å². The average Bonchev–Trinajstić information content (AvgIpc) is 2.36. The summed E-state index contributed by atoms with van der Waals surface area (Å²) in [5, 5.41) is 0. The second-order valence-corrected chi connectivity index (χ2v) is 4.79. The number of benzene rings is 1. The molecule has 0 aliphatic rings. The van der Waals surface area contributed by atoms with Gasteiger partial charge in [-0.15, -0.1) is 0 Å². The second kappa shape index (κ2) is 5.32. The highest BCUT2D eigenvalue weighted by atomic mass is 16.5. The van der Waals surface area contributed by atoms with Crippen molar-refractivity contribution in [2.24, 2.45) is 11.1 Å². The van der Waals surface area contributed by atoms with Crippen molar-refractivity contribution in [3.05, 3.63) is 35.4 Å². The fourth-order valence-electron chi connectivity index (χ4n) is 1.77. The molecule has 0 aliphatic heterocycles. The topological polar surface area (TPSA) is 52.3 Å². The maximum absolute atomic E-state index is 11.7. The van der Waals surface area contributed by atoms with Crippen LogP contribution in [0.4, 0.5) is 0 Å². The van der Waals surface area contributed by atoms with Crippen molar-refractivity contribution in [2.45, 2.75) is 33.2 Å². The number of carbonyl (C=O) groups is 1. The summed E-state index contributed by atoms with van der Waals surface area (Å²) in [4.78, 5) is 11.7. The molecule has 94 valence electrons. The van der Waals surface area contributed by atoms with Crippen molar-refractivity contribution in [1.82, 2.24) is 0 Å². The van der Waals surface area contributed by atoms with Gasteiger partial charge in [0.2, 0.25) is 0 Å². The quantitative estimate of drug-likeness (QED) is 0.815. The Bertz CT molecular complexity index is 382. The first kappa shape index (κ1) is 13.7. The Labute approximate surface area is 103 Å². The van der Waals surface area contributed by atoms with Crippen molar-refractivity contribution in [3.8, 4) is 0 Å². The number of esters is 1. The molecule has 0 amide bonds. The monoisotopic (exact) mass is 235 g/mol. The Kier molecular flexibility index (Phi) is 4.29. The number of aryl methyl sites for hydroxylation is 1. The van der Waals surface area contributed by atoms with Crippen LogP contribution < -0.4 is 5.73 Å². The van der Waals surface area contributed by atoms with Crippen LogP contribution in [0, 0.1) is 5.41 Å². The smallest absolute Gasteiger partial charge is 0.313 e. The molecule has 1 rings (SSSR count). The van der Waals surface area contributed by atoms with Gasteiger partial charge in [-0.1, -0.05) is 31.2 Å². The summed E-state index contributed by atoms with van der Waals surface area (Å²) in [7, 11) is 1.39. The van der Waals surface area contributed by atoms with Crippen molar-refractivity contribution in [3.63, 3.8) is 0 Å². The third kappa shape index (κ3) is 2.86. The first-order valence-corrected chi connectivity index (χ1v) is 5.86. The summed E-state index contributed by atoms with van der Waals surface area (Å²) in [5.41, 5.74) is 7.64. The lowest BCUT2D eigenvalue weighted by atomic mass is 9.81. The number of hydrogen-bond acceptors (Lipinski definition) is 3. The third-order valence-corrected chi connectivity index (χ3v) is 3.24. The van der Waals surface area contributed by atoms with Gasteiger partial charge in [0, 0.05) is 6.04 Å². The molecule has 0 aromatic heterocycles. The molecule has 3 nitrogen and oxygen atoms in total. The summed E-state index contributed by atoms with van der Waals surface area (Å²) in [6.07, 6.45) is 0.996. The van der Waals surface area contributed by atoms with E-state index < -0.39 is 5.41 Å². The molecule has 0 saturated carbocycles. The minimum Gasteiger partial charge on any atom is -0.469 e. The zero-order valence-corrected chi connectivity index (χ0v) is 11.0. The van der Waals surface area contributed by atoms with Crippen molar-refractivity contribution in [2.75, 3.05) is 7.11 Å². The zero-order chi connectivity index (χ0) is 13.1. The van der Waals surface area contributed by atoms with E-state index >= 15 is 0 Å². The number of rotatable bonds is 4. The minimum atomic E-state index is -0.720. The van der Waals surface area contributed by atoms with E-state index in [1.807, 2.05) is 24.3 Å². The van der Waals surface area contributed by atoms with Crippen molar-refractivity contribution < 1.29 is 9.53 Å². The molecule has 1 atom stereocenters. The summed E-state index contributed by atoms with van der Waals surface area (Å²) in [6.45, 7) is 5.71. The van der Waals surface area contributed by atoms with E-state index in [9.17, 15) is 4.79 Å². The molecule has 0 fully saturated rings. The van der Waals surface area contributed by atoms with Crippen LogP contribution in [0.5, 0.6) is 0 Å². The third-order valence-electron chi connectivity index (χ3n) is 3.24. The van der Waals surface area contributed by atoms with Crippen LogP contribution >= 0.6 is 0 Å². The van der Waals surface area contributed by atoms with Gasteiger partial charge in [0.25, 0.3) is 0 Å². The summed E-state index contributed by atoms with van der Waals surface area (Å²) < 4.78 is 4.78. The molecule has 0 radical (unpaired) electrons. The predicted molar refractivity (Wildman–Crippen MR) is 68.5 cm³/mol. The molecule has 1 aromatic rings. The molecular weight excluding hydrogens is 214 g/mol. The molecule has 0 bridgehead atoms. The van der Waals surface area contributed by atoms with Gasteiger partial charge in [-0.3, -0.25) is 4.79 Å². The molecule has 1 aromatic carbocycles. The van der Waals surface area contributed by atoms with Crippen LogP contribution in [-0.4, -0.2) is 13.1 Å². The van der Waals surface area contributed by atoms with Crippen LogP contribution in [0.25, 0.3) is 0 Å². The molecule has 0 saturated heterocycles. The Morgan fingerprint density at radius 2 is 1.88 bits per heavy atom. The highest BCUT2D eigenvalue weighted by Gasteiger charge is 2.36. The molecule has 0 aliphatic carbocycles. The predicted octanol–water partition coefficient (Wildman–Crippen LogP) is 2.45. The summed E-state index contributed by atoms with van der Waals surface area (Å²) >= 11 is 0. The maximum Gasteiger partial charge on any atom is 0.313 e. The van der Waals surface area contributed by atoms with Crippen molar-refractivity contribution >= 4 is 5.97 Å². The highest BCUT2D eigenvalue weighted by molar-refractivity contribution is 5.77. The number of ether oxygens (including phenoxy) is 1. The van der Waals surface area contributed by atoms with Gasteiger partial charge in [0.15, 0.2) is 0 Å². The number of hydrogen-bond donors (Lipinski definition) is 1. The van der Waals surface area contributed by atoms with E-state index in [1.165, 1.54) is 12.7 Å². The molecule has 0 spiro atoms. The molecule has 17 heavy (non-hydrogen) atoms. The van der Waals surface area contributed by atoms with Gasteiger partial charge in [-0.05, 0) is 31.4 Å². The highest BCUT2D eigenvalue weighted by Crippen LogP contribution is 2.32. The summed E-state index contributed by atoms with van der Waals surface area (Å²) in [5.74, 6) is -0.287. The molecule has 2 N–H and O–H groups in total. The van der Waals surface area contributed by atoms with Crippen LogP contribution in [0.1, 0.15) is 37.9 Å². The fourth-order valence-corrected chi connectivity index (χ4v) is 1.77. The standard InChI is InChI=1S/C14H21NO2/c1-5-10-6-8-11(9-7-10)12(15)14(2,3)13(16)17-4/h6-9,12H,5,15H2,1-4H3/t12-/m1/s1. The van der Waals surface area contributed by atoms with Crippen LogP contribution in [0.2, 0.25) is 0 Å². The molecule has 0 unspecified atom stereocenters. The lowest BCUT2D eigenvalue weighted by molar-refractivity contribution is -0.152. The van der Waals surface area contributed by atoms with E-state index in [2.05, 4.69) is 6.92 Å². The number of carbonyl (C=O) groups excluding carboxylic acids is 1. The van der Waals surface area contributed by atoms with Gasteiger partial charge in [-0.25, -0.2) is 0 Å². The van der Waals surface area contributed by atoms with E-state index in [1.54, 1.807) is 13.8 Å². The largest absolute Gasteiger partial charge is 0.469 e.